The van der Waals surface area contributed by atoms with Crippen LogP contribution in [0, 0.1) is 0 Å². The van der Waals surface area contributed by atoms with Gasteiger partial charge >= 0.3 is 0 Å². The highest BCUT2D eigenvalue weighted by atomic mass is 15.2. The molecule has 2 rings (SSSR count). The lowest BCUT2D eigenvalue weighted by atomic mass is 10.2. The third-order valence-corrected chi connectivity index (χ3v) is 2.78. The average molecular weight is 179 g/mol. The Bertz CT molecular complexity index is 277. The first-order chi connectivity index (χ1) is 6.27. The summed E-state index contributed by atoms with van der Waals surface area (Å²) in [5.74, 6) is 0. The van der Waals surface area contributed by atoms with Crippen molar-refractivity contribution in [3.05, 3.63) is 17.5 Å². The van der Waals surface area contributed by atoms with Crippen molar-refractivity contribution in [1.82, 2.24) is 15.1 Å². The van der Waals surface area contributed by atoms with Crippen molar-refractivity contribution in [2.45, 2.75) is 39.3 Å². The number of hydrogen-bond donors (Lipinski definition) is 1. The number of fused-ring (bicyclic) bond motifs is 1. The Kier molecular flexibility index (Phi) is 2.36. The summed E-state index contributed by atoms with van der Waals surface area (Å²) in [6.07, 6.45) is 4.36. The predicted molar refractivity (Wildman–Crippen MR) is 52.5 cm³/mol. The number of rotatable bonds is 1. The number of aromatic amines is 1. The first-order valence-corrected chi connectivity index (χ1v) is 5.02. The number of aromatic nitrogens is 2. The summed E-state index contributed by atoms with van der Waals surface area (Å²) in [7, 11) is 0. The molecule has 1 aliphatic heterocycles. The van der Waals surface area contributed by atoms with Gasteiger partial charge in [-0.25, -0.2) is 0 Å². The molecule has 0 atom stereocenters. The molecule has 1 aliphatic rings. The van der Waals surface area contributed by atoms with Gasteiger partial charge in [-0.3, -0.25) is 10.00 Å². The Labute approximate surface area is 79.1 Å². The third kappa shape index (κ3) is 1.75. The van der Waals surface area contributed by atoms with E-state index < -0.39 is 0 Å². The maximum Gasteiger partial charge on any atom is 0.0535 e. The molecule has 0 aliphatic carbocycles. The van der Waals surface area contributed by atoms with E-state index >= 15 is 0 Å². The van der Waals surface area contributed by atoms with E-state index in [1.165, 1.54) is 24.2 Å². The molecule has 13 heavy (non-hydrogen) atoms. The highest BCUT2D eigenvalue weighted by Crippen LogP contribution is 2.17. The van der Waals surface area contributed by atoms with Crippen molar-refractivity contribution < 1.29 is 0 Å². The first kappa shape index (κ1) is 8.75. The van der Waals surface area contributed by atoms with E-state index in [-0.39, 0.29) is 0 Å². The van der Waals surface area contributed by atoms with Crippen molar-refractivity contribution in [3.63, 3.8) is 0 Å². The molecular formula is C10H17N3. The van der Waals surface area contributed by atoms with Crippen molar-refractivity contribution in [2.24, 2.45) is 0 Å². The van der Waals surface area contributed by atoms with E-state index in [4.69, 9.17) is 0 Å². The molecule has 0 saturated heterocycles. The highest BCUT2D eigenvalue weighted by molar-refractivity contribution is 5.17. The highest BCUT2D eigenvalue weighted by Gasteiger charge is 2.17. The monoisotopic (exact) mass is 179 g/mol. The molecule has 3 nitrogen and oxygen atoms in total. The van der Waals surface area contributed by atoms with Crippen LogP contribution < -0.4 is 0 Å². The normalized spacial score (nSPS) is 18.7. The second-order valence-corrected chi connectivity index (χ2v) is 4.04. The van der Waals surface area contributed by atoms with Gasteiger partial charge in [-0.15, -0.1) is 0 Å². The Hall–Kier alpha value is -0.830. The number of nitrogens with one attached hydrogen (secondary N) is 1. The van der Waals surface area contributed by atoms with E-state index in [1.807, 2.05) is 6.20 Å². The van der Waals surface area contributed by atoms with Gasteiger partial charge in [0.2, 0.25) is 0 Å². The van der Waals surface area contributed by atoms with Crippen LogP contribution in [0.15, 0.2) is 6.20 Å². The zero-order valence-corrected chi connectivity index (χ0v) is 8.38. The summed E-state index contributed by atoms with van der Waals surface area (Å²) >= 11 is 0. The molecule has 0 spiro atoms. The van der Waals surface area contributed by atoms with Crippen LogP contribution in [-0.2, 0) is 13.0 Å². The molecular weight excluding hydrogens is 162 g/mol. The van der Waals surface area contributed by atoms with Gasteiger partial charge in [0.1, 0.15) is 0 Å². The molecule has 0 amide bonds. The van der Waals surface area contributed by atoms with Crippen LogP contribution >= 0.6 is 0 Å². The number of hydrogen-bond acceptors (Lipinski definition) is 2. The van der Waals surface area contributed by atoms with Crippen LogP contribution in [0.1, 0.15) is 31.5 Å². The van der Waals surface area contributed by atoms with E-state index in [0.29, 0.717) is 6.04 Å². The van der Waals surface area contributed by atoms with Crippen molar-refractivity contribution in [2.75, 3.05) is 6.54 Å². The maximum absolute atomic E-state index is 4.09. The first-order valence-electron chi connectivity index (χ1n) is 5.02. The minimum atomic E-state index is 0.640. The van der Waals surface area contributed by atoms with E-state index in [0.717, 1.165) is 13.0 Å². The lowest BCUT2D eigenvalue weighted by Gasteiger charge is -2.23. The van der Waals surface area contributed by atoms with Crippen LogP contribution in [0.3, 0.4) is 0 Å². The molecule has 1 aromatic heterocycles. The molecule has 0 aromatic carbocycles. The van der Waals surface area contributed by atoms with Gasteiger partial charge in [-0.2, -0.15) is 5.10 Å². The second kappa shape index (κ2) is 3.50. The number of nitrogens with zero attached hydrogens (tertiary/aromatic N) is 2. The van der Waals surface area contributed by atoms with Crippen LogP contribution in [0.4, 0.5) is 0 Å². The zero-order valence-electron chi connectivity index (χ0n) is 8.38. The summed E-state index contributed by atoms with van der Waals surface area (Å²) in [4.78, 5) is 2.50. The summed E-state index contributed by atoms with van der Waals surface area (Å²) in [5.41, 5.74) is 2.72. The van der Waals surface area contributed by atoms with E-state index in [2.05, 4.69) is 28.9 Å². The van der Waals surface area contributed by atoms with Gasteiger partial charge in [0, 0.05) is 23.8 Å². The van der Waals surface area contributed by atoms with Gasteiger partial charge in [-0.1, -0.05) is 0 Å². The topological polar surface area (TPSA) is 31.9 Å². The van der Waals surface area contributed by atoms with Crippen LogP contribution in [-0.4, -0.2) is 27.7 Å². The fourth-order valence-corrected chi connectivity index (χ4v) is 1.89. The molecule has 0 bridgehead atoms. The molecule has 1 aromatic rings. The minimum Gasteiger partial charge on any atom is -0.297 e. The van der Waals surface area contributed by atoms with Crippen molar-refractivity contribution >= 4 is 0 Å². The molecule has 0 unspecified atom stereocenters. The quantitative estimate of drug-likeness (QED) is 0.709. The fraction of sp³-hybridized carbons (Fsp3) is 0.700. The Balaban J connectivity index is 2.17. The van der Waals surface area contributed by atoms with Gasteiger partial charge in [0.15, 0.2) is 0 Å². The van der Waals surface area contributed by atoms with Gasteiger partial charge in [0.25, 0.3) is 0 Å². The van der Waals surface area contributed by atoms with Crippen LogP contribution in [0.5, 0.6) is 0 Å². The smallest absolute Gasteiger partial charge is 0.0535 e. The molecule has 0 saturated carbocycles. The maximum atomic E-state index is 4.09. The van der Waals surface area contributed by atoms with Crippen LogP contribution in [0.2, 0.25) is 0 Å². The zero-order chi connectivity index (χ0) is 9.26. The Morgan fingerprint density at radius 2 is 2.38 bits per heavy atom. The minimum absolute atomic E-state index is 0.640. The molecule has 72 valence electrons. The summed E-state index contributed by atoms with van der Waals surface area (Å²) in [6.45, 7) is 6.78. The second-order valence-electron chi connectivity index (χ2n) is 4.04. The number of aryl methyl sites for hydroxylation is 1. The Morgan fingerprint density at radius 3 is 3.15 bits per heavy atom. The van der Waals surface area contributed by atoms with Crippen molar-refractivity contribution in [1.29, 1.82) is 0 Å². The SMILES string of the molecule is CC(C)N1CCCc2[nH]ncc2C1. The van der Waals surface area contributed by atoms with Gasteiger partial charge in [-0.05, 0) is 33.2 Å². The van der Waals surface area contributed by atoms with Crippen LogP contribution in [0.25, 0.3) is 0 Å². The molecule has 2 heterocycles. The summed E-state index contributed by atoms with van der Waals surface area (Å²) in [6, 6.07) is 0.640. The van der Waals surface area contributed by atoms with Gasteiger partial charge < -0.3 is 0 Å². The predicted octanol–water partition coefficient (Wildman–Crippen LogP) is 1.57. The average Bonchev–Trinajstić information content (AvgIpc) is 2.42. The lowest BCUT2D eigenvalue weighted by Crippen LogP contribution is -2.30. The number of H-pyrrole nitrogens is 1. The standard InChI is InChI=1S/C10H17N3/c1-8(2)13-5-3-4-10-9(7-13)6-11-12-10/h6,8H,3-5,7H2,1-2H3,(H,11,12). The molecule has 3 heteroatoms. The largest absolute Gasteiger partial charge is 0.297 e. The lowest BCUT2D eigenvalue weighted by molar-refractivity contribution is 0.216. The van der Waals surface area contributed by atoms with Crippen molar-refractivity contribution in [3.8, 4) is 0 Å². The fourth-order valence-electron chi connectivity index (χ4n) is 1.89. The molecule has 0 radical (unpaired) electrons. The van der Waals surface area contributed by atoms with E-state index in [9.17, 15) is 0 Å². The van der Waals surface area contributed by atoms with Gasteiger partial charge in [0.05, 0.1) is 6.20 Å². The molecule has 1 N–H and O–H groups in total. The van der Waals surface area contributed by atoms with E-state index in [1.54, 1.807) is 0 Å². The summed E-state index contributed by atoms with van der Waals surface area (Å²) in [5, 5.41) is 7.17. The molecule has 0 fully saturated rings. The summed E-state index contributed by atoms with van der Waals surface area (Å²) < 4.78 is 0. The Morgan fingerprint density at radius 1 is 1.54 bits per heavy atom. The third-order valence-electron chi connectivity index (χ3n) is 2.78.